The van der Waals surface area contributed by atoms with Crippen molar-refractivity contribution in [3.8, 4) is 17.2 Å². The Bertz CT molecular complexity index is 1210. The number of allylic oxidation sites excluding steroid dienone is 1. The summed E-state index contributed by atoms with van der Waals surface area (Å²) in [5.74, 6) is 0.969. The molecule has 0 fully saturated rings. The largest absolute Gasteiger partial charge is 0.497 e. The predicted octanol–water partition coefficient (Wildman–Crippen LogP) is 3.49. The maximum atomic E-state index is 13.0. The minimum atomic E-state index is -0.327. The standard InChI is InChI=1S/C23H18N2O5/c1-25-17(9-10-24-25)16-12-20(26)29-18-8-7-15-22(27)19(30-23(15)21(16)18)11-13-3-5-14(28-2)6-4-13/h3-11,16H,12H2,1-2H3. The highest BCUT2D eigenvalue weighted by molar-refractivity contribution is 6.15. The van der Waals surface area contributed by atoms with Crippen LogP contribution in [0.25, 0.3) is 6.08 Å². The molecule has 0 saturated carbocycles. The second-order valence-corrected chi connectivity index (χ2v) is 7.18. The highest BCUT2D eigenvalue weighted by Crippen LogP contribution is 2.48. The first-order chi connectivity index (χ1) is 14.5. The summed E-state index contributed by atoms with van der Waals surface area (Å²) in [5.41, 5.74) is 2.82. The van der Waals surface area contributed by atoms with Crippen LogP contribution in [0.1, 0.15) is 39.5 Å². The Kier molecular flexibility index (Phi) is 4.17. The number of rotatable bonds is 3. The lowest BCUT2D eigenvalue weighted by Crippen LogP contribution is -2.23. The molecule has 1 aromatic heterocycles. The molecule has 3 heterocycles. The number of nitrogens with zero attached hydrogens (tertiary/aromatic N) is 2. The van der Waals surface area contributed by atoms with Gasteiger partial charge in [0, 0.05) is 30.4 Å². The average Bonchev–Trinajstić information content (AvgIpc) is 3.31. The number of ether oxygens (including phenoxy) is 3. The van der Waals surface area contributed by atoms with Gasteiger partial charge in [-0.15, -0.1) is 0 Å². The molecule has 7 nitrogen and oxygen atoms in total. The molecular formula is C23H18N2O5. The summed E-state index contributed by atoms with van der Waals surface area (Å²) >= 11 is 0. The quantitative estimate of drug-likeness (QED) is 0.379. The molecule has 2 aliphatic rings. The number of benzene rings is 2. The van der Waals surface area contributed by atoms with Gasteiger partial charge in [0.05, 0.1) is 19.1 Å². The van der Waals surface area contributed by atoms with Gasteiger partial charge >= 0.3 is 5.97 Å². The van der Waals surface area contributed by atoms with Crippen molar-refractivity contribution >= 4 is 17.8 Å². The minimum Gasteiger partial charge on any atom is -0.497 e. The van der Waals surface area contributed by atoms with Crippen LogP contribution in [-0.4, -0.2) is 28.6 Å². The second kappa shape index (κ2) is 6.88. The van der Waals surface area contributed by atoms with Crippen molar-refractivity contribution in [2.24, 2.45) is 7.05 Å². The van der Waals surface area contributed by atoms with Crippen molar-refractivity contribution in [2.75, 3.05) is 7.11 Å². The number of hydrogen-bond donors (Lipinski definition) is 0. The summed E-state index contributed by atoms with van der Waals surface area (Å²) in [6.07, 6.45) is 3.53. The Balaban J connectivity index is 1.59. The van der Waals surface area contributed by atoms with Crippen LogP contribution < -0.4 is 14.2 Å². The maximum absolute atomic E-state index is 13.0. The number of aromatic nitrogens is 2. The van der Waals surface area contributed by atoms with Crippen LogP contribution in [0.15, 0.2) is 54.4 Å². The van der Waals surface area contributed by atoms with Crippen LogP contribution in [0, 0.1) is 0 Å². The van der Waals surface area contributed by atoms with Crippen LogP contribution in [0.3, 0.4) is 0 Å². The third-order valence-electron chi connectivity index (χ3n) is 5.41. The van der Waals surface area contributed by atoms with Crippen LogP contribution >= 0.6 is 0 Å². The number of fused-ring (bicyclic) bond motifs is 3. The van der Waals surface area contributed by atoms with Gasteiger partial charge in [-0.3, -0.25) is 14.3 Å². The first-order valence-corrected chi connectivity index (χ1v) is 9.49. The second-order valence-electron chi connectivity index (χ2n) is 7.18. The van der Waals surface area contributed by atoms with E-state index >= 15 is 0 Å². The molecular weight excluding hydrogens is 384 g/mol. The van der Waals surface area contributed by atoms with Crippen molar-refractivity contribution in [1.29, 1.82) is 0 Å². The zero-order valence-electron chi connectivity index (χ0n) is 16.4. The summed E-state index contributed by atoms with van der Waals surface area (Å²) in [6.45, 7) is 0. The zero-order valence-corrected chi connectivity index (χ0v) is 16.4. The molecule has 0 aliphatic carbocycles. The number of esters is 1. The van der Waals surface area contributed by atoms with Gasteiger partial charge in [0.15, 0.2) is 5.76 Å². The van der Waals surface area contributed by atoms with Crippen molar-refractivity contribution in [2.45, 2.75) is 12.3 Å². The van der Waals surface area contributed by atoms with Gasteiger partial charge < -0.3 is 14.2 Å². The van der Waals surface area contributed by atoms with E-state index in [1.165, 1.54) is 0 Å². The van der Waals surface area contributed by atoms with Gasteiger partial charge in [0.1, 0.15) is 17.2 Å². The predicted molar refractivity (Wildman–Crippen MR) is 108 cm³/mol. The summed E-state index contributed by atoms with van der Waals surface area (Å²) in [4.78, 5) is 25.2. The monoisotopic (exact) mass is 402 g/mol. The maximum Gasteiger partial charge on any atom is 0.312 e. The Morgan fingerprint density at radius 1 is 1.10 bits per heavy atom. The first kappa shape index (κ1) is 18.2. The Morgan fingerprint density at radius 2 is 1.90 bits per heavy atom. The summed E-state index contributed by atoms with van der Waals surface area (Å²) in [5, 5.41) is 4.22. The molecule has 1 atom stereocenters. The van der Waals surface area contributed by atoms with Gasteiger partial charge in [0.2, 0.25) is 5.78 Å². The van der Waals surface area contributed by atoms with Crippen LogP contribution in [-0.2, 0) is 11.8 Å². The van der Waals surface area contributed by atoms with E-state index in [0.29, 0.717) is 22.6 Å². The molecule has 7 heteroatoms. The Labute approximate surface area is 172 Å². The first-order valence-electron chi connectivity index (χ1n) is 9.49. The lowest BCUT2D eigenvalue weighted by Gasteiger charge is -2.26. The lowest BCUT2D eigenvalue weighted by molar-refractivity contribution is -0.135. The summed E-state index contributed by atoms with van der Waals surface area (Å²) in [7, 11) is 3.42. The van der Waals surface area contributed by atoms with E-state index in [0.717, 1.165) is 17.0 Å². The third-order valence-corrected chi connectivity index (χ3v) is 5.41. The van der Waals surface area contributed by atoms with Gasteiger partial charge in [0.25, 0.3) is 0 Å². The number of aryl methyl sites for hydroxylation is 1. The van der Waals surface area contributed by atoms with E-state index in [9.17, 15) is 9.59 Å². The molecule has 150 valence electrons. The lowest BCUT2D eigenvalue weighted by atomic mass is 9.87. The van der Waals surface area contributed by atoms with Crippen LogP contribution in [0.5, 0.6) is 17.2 Å². The average molecular weight is 402 g/mol. The third kappa shape index (κ3) is 2.86. The van der Waals surface area contributed by atoms with Crippen LogP contribution in [0.2, 0.25) is 0 Å². The SMILES string of the molecule is COc1ccc(C=C2Oc3c(ccc4c3C(c3ccnn3C)CC(=O)O4)C2=O)cc1. The van der Waals surface area contributed by atoms with E-state index in [1.807, 2.05) is 37.4 Å². The normalized spacial score (nSPS) is 18.6. The molecule has 0 radical (unpaired) electrons. The molecule has 2 aromatic carbocycles. The summed E-state index contributed by atoms with van der Waals surface area (Å²) < 4.78 is 18.4. The number of methoxy groups -OCH3 is 1. The number of carbonyl (C=O) groups is 2. The topological polar surface area (TPSA) is 79.7 Å². The molecule has 0 bridgehead atoms. The van der Waals surface area contributed by atoms with E-state index in [1.54, 1.807) is 36.2 Å². The van der Waals surface area contributed by atoms with Crippen molar-refractivity contribution in [3.63, 3.8) is 0 Å². The molecule has 2 aliphatic heterocycles. The number of ketones is 1. The Hall–Kier alpha value is -3.87. The van der Waals surface area contributed by atoms with Crippen molar-refractivity contribution in [3.05, 3.63) is 76.8 Å². The fourth-order valence-electron chi connectivity index (χ4n) is 3.94. The summed E-state index contributed by atoms with van der Waals surface area (Å²) in [6, 6.07) is 12.5. The van der Waals surface area contributed by atoms with E-state index in [4.69, 9.17) is 14.2 Å². The van der Waals surface area contributed by atoms with E-state index in [2.05, 4.69) is 5.10 Å². The van der Waals surface area contributed by atoms with Crippen LogP contribution in [0.4, 0.5) is 0 Å². The van der Waals surface area contributed by atoms with Gasteiger partial charge in [-0.1, -0.05) is 12.1 Å². The zero-order chi connectivity index (χ0) is 20.8. The number of hydrogen-bond acceptors (Lipinski definition) is 6. The van der Waals surface area contributed by atoms with Gasteiger partial charge in [-0.2, -0.15) is 5.10 Å². The fraction of sp³-hybridized carbons (Fsp3) is 0.174. The molecule has 3 aromatic rings. The highest BCUT2D eigenvalue weighted by Gasteiger charge is 2.39. The van der Waals surface area contributed by atoms with Crippen molar-refractivity contribution in [1.82, 2.24) is 9.78 Å². The van der Waals surface area contributed by atoms with Gasteiger partial charge in [-0.25, -0.2) is 0 Å². The molecule has 5 rings (SSSR count). The number of carbonyl (C=O) groups excluding carboxylic acids is 2. The fourth-order valence-corrected chi connectivity index (χ4v) is 3.94. The Morgan fingerprint density at radius 3 is 2.60 bits per heavy atom. The van der Waals surface area contributed by atoms with E-state index < -0.39 is 0 Å². The molecule has 30 heavy (non-hydrogen) atoms. The van der Waals surface area contributed by atoms with Crippen molar-refractivity contribution < 1.29 is 23.8 Å². The molecule has 0 amide bonds. The smallest absolute Gasteiger partial charge is 0.312 e. The number of Topliss-reactive ketones (excluding diaryl/α,β-unsaturated/α-hetero) is 1. The van der Waals surface area contributed by atoms with Gasteiger partial charge in [-0.05, 0) is 42.0 Å². The molecule has 0 spiro atoms. The molecule has 0 saturated heterocycles. The van der Waals surface area contributed by atoms with E-state index in [-0.39, 0.29) is 29.9 Å². The minimum absolute atomic E-state index is 0.151. The molecule has 0 N–H and O–H groups in total. The highest BCUT2D eigenvalue weighted by atomic mass is 16.5. The molecule has 1 unspecified atom stereocenters.